The fraction of sp³-hybridized carbons (Fsp3) is 0.833. The molecule has 0 spiro atoms. The van der Waals surface area contributed by atoms with E-state index in [0.717, 1.165) is 31.6 Å². The van der Waals surface area contributed by atoms with Crippen molar-refractivity contribution < 1.29 is 9.26 Å². The van der Waals surface area contributed by atoms with E-state index in [1.54, 1.807) is 0 Å². The van der Waals surface area contributed by atoms with Crippen LogP contribution in [-0.4, -0.2) is 16.7 Å². The monoisotopic (exact) mass is 239 g/mol. The smallest absolute Gasteiger partial charge is 0.240 e. The zero-order valence-electron chi connectivity index (χ0n) is 10.6. The average molecular weight is 239 g/mol. The highest BCUT2D eigenvalue weighted by Gasteiger charge is 2.40. The van der Waals surface area contributed by atoms with Gasteiger partial charge in [0.25, 0.3) is 0 Å². The molecule has 1 aliphatic rings. The summed E-state index contributed by atoms with van der Waals surface area (Å²) >= 11 is 0. The fourth-order valence-electron chi connectivity index (χ4n) is 2.46. The first-order valence-electron chi connectivity index (χ1n) is 6.37. The topological polar surface area (TPSA) is 74.2 Å². The molecule has 0 aromatic carbocycles. The molecule has 1 aliphatic carbocycles. The molecule has 5 heteroatoms. The summed E-state index contributed by atoms with van der Waals surface area (Å²) in [5.74, 6) is 1.91. The standard InChI is InChI=1S/C12H21N3O2/c1-3-16-12(6-4-9(2)5-7-12)11-14-10(8-13)17-15-11/h9H,3-8,13H2,1-2H3. The summed E-state index contributed by atoms with van der Waals surface area (Å²) in [6, 6.07) is 0. The van der Waals surface area contributed by atoms with E-state index in [2.05, 4.69) is 17.1 Å². The minimum Gasteiger partial charge on any atom is -0.367 e. The Morgan fingerprint density at radius 2 is 2.18 bits per heavy atom. The molecule has 96 valence electrons. The van der Waals surface area contributed by atoms with Crippen molar-refractivity contribution in [1.29, 1.82) is 0 Å². The molecule has 1 heterocycles. The van der Waals surface area contributed by atoms with E-state index < -0.39 is 0 Å². The second kappa shape index (κ2) is 5.14. The maximum atomic E-state index is 5.94. The van der Waals surface area contributed by atoms with E-state index in [4.69, 9.17) is 15.0 Å². The molecule has 1 aromatic rings. The second-order valence-corrected chi connectivity index (χ2v) is 4.83. The van der Waals surface area contributed by atoms with Gasteiger partial charge < -0.3 is 15.0 Å². The third-order valence-electron chi connectivity index (χ3n) is 3.55. The Morgan fingerprint density at radius 1 is 1.47 bits per heavy atom. The molecule has 17 heavy (non-hydrogen) atoms. The van der Waals surface area contributed by atoms with Crippen LogP contribution in [0.4, 0.5) is 0 Å². The Labute approximate surface area is 102 Å². The number of nitrogens with zero attached hydrogens (tertiary/aromatic N) is 2. The van der Waals surface area contributed by atoms with Gasteiger partial charge in [-0.2, -0.15) is 4.98 Å². The van der Waals surface area contributed by atoms with Crippen LogP contribution in [0.2, 0.25) is 0 Å². The summed E-state index contributed by atoms with van der Waals surface area (Å²) in [6.07, 6.45) is 4.22. The van der Waals surface area contributed by atoms with Gasteiger partial charge in [-0.3, -0.25) is 0 Å². The van der Waals surface area contributed by atoms with Crippen molar-refractivity contribution in [3.8, 4) is 0 Å². The summed E-state index contributed by atoms with van der Waals surface area (Å²) in [7, 11) is 0. The molecule has 0 unspecified atom stereocenters. The Bertz CT molecular complexity index is 356. The second-order valence-electron chi connectivity index (χ2n) is 4.83. The van der Waals surface area contributed by atoms with Gasteiger partial charge in [-0.05, 0) is 38.5 Å². The Hall–Kier alpha value is -0.940. The molecular weight excluding hydrogens is 218 g/mol. The number of ether oxygens (including phenoxy) is 1. The highest BCUT2D eigenvalue weighted by molar-refractivity contribution is 5.04. The fourth-order valence-corrected chi connectivity index (χ4v) is 2.46. The lowest BCUT2D eigenvalue weighted by Gasteiger charge is -2.36. The molecule has 0 radical (unpaired) electrons. The number of hydrogen-bond donors (Lipinski definition) is 1. The van der Waals surface area contributed by atoms with Crippen LogP contribution in [0, 0.1) is 5.92 Å². The predicted octanol–water partition coefficient (Wildman–Crippen LogP) is 1.97. The highest BCUT2D eigenvalue weighted by Crippen LogP contribution is 2.41. The first-order valence-corrected chi connectivity index (χ1v) is 6.37. The maximum Gasteiger partial charge on any atom is 0.240 e. The van der Waals surface area contributed by atoms with Crippen LogP contribution in [0.1, 0.15) is 51.2 Å². The first-order chi connectivity index (χ1) is 8.20. The van der Waals surface area contributed by atoms with Crippen LogP contribution in [-0.2, 0) is 16.9 Å². The van der Waals surface area contributed by atoms with Crippen molar-refractivity contribution in [3.63, 3.8) is 0 Å². The number of nitrogens with two attached hydrogens (primary N) is 1. The average Bonchev–Trinajstić information content (AvgIpc) is 2.82. The third kappa shape index (κ3) is 2.50. The van der Waals surface area contributed by atoms with Crippen molar-refractivity contribution in [3.05, 3.63) is 11.7 Å². The van der Waals surface area contributed by atoms with Gasteiger partial charge in [-0.1, -0.05) is 12.1 Å². The van der Waals surface area contributed by atoms with E-state index >= 15 is 0 Å². The van der Waals surface area contributed by atoms with Crippen molar-refractivity contribution in [2.75, 3.05) is 6.61 Å². The van der Waals surface area contributed by atoms with Crippen molar-refractivity contribution in [2.24, 2.45) is 11.7 Å². The van der Waals surface area contributed by atoms with Crippen LogP contribution in [0.3, 0.4) is 0 Å². The molecular formula is C12H21N3O2. The first kappa shape index (κ1) is 12.5. The molecule has 0 amide bonds. The number of aromatic nitrogens is 2. The summed E-state index contributed by atoms with van der Waals surface area (Å²) < 4.78 is 11.0. The van der Waals surface area contributed by atoms with Crippen molar-refractivity contribution in [2.45, 2.75) is 51.7 Å². The SMILES string of the molecule is CCOC1(c2noc(CN)n2)CCC(C)CC1. The summed E-state index contributed by atoms with van der Waals surface area (Å²) in [4.78, 5) is 4.34. The Morgan fingerprint density at radius 3 is 2.71 bits per heavy atom. The minimum absolute atomic E-state index is 0.283. The molecule has 1 aromatic heterocycles. The zero-order valence-corrected chi connectivity index (χ0v) is 10.6. The Balaban J connectivity index is 2.21. The maximum absolute atomic E-state index is 5.94. The molecule has 0 saturated heterocycles. The van der Waals surface area contributed by atoms with Gasteiger partial charge in [0.1, 0.15) is 5.60 Å². The van der Waals surface area contributed by atoms with E-state index in [1.165, 1.54) is 0 Å². The van der Waals surface area contributed by atoms with E-state index in [0.29, 0.717) is 18.3 Å². The molecule has 2 rings (SSSR count). The molecule has 0 atom stereocenters. The van der Waals surface area contributed by atoms with Gasteiger partial charge in [0.05, 0.1) is 6.54 Å². The van der Waals surface area contributed by atoms with E-state index in [9.17, 15) is 0 Å². The summed E-state index contributed by atoms with van der Waals surface area (Å²) in [5, 5.41) is 4.04. The molecule has 0 aliphatic heterocycles. The largest absolute Gasteiger partial charge is 0.367 e. The summed E-state index contributed by atoms with van der Waals surface area (Å²) in [5.41, 5.74) is 5.15. The van der Waals surface area contributed by atoms with Gasteiger partial charge in [0.15, 0.2) is 0 Å². The highest BCUT2D eigenvalue weighted by atomic mass is 16.5. The normalized spacial score (nSPS) is 29.5. The minimum atomic E-state index is -0.349. The third-order valence-corrected chi connectivity index (χ3v) is 3.55. The van der Waals surface area contributed by atoms with Crippen molar-refractivity contribution in [1.82, 2.24) is 10.1 Å². The zero-order chi connectivity index (χ0) is 12.3. The summed E-state index contributed by atoms with van der Waals surface area (Å²) in [6.45, 7) is 5.23. The van der Waals surface area contributed by atoms with Crippen LogP contribution in [0.5, 0.6) is 0 Å². The molecule has 5 nitrogen and oxygen atoms in total. The van der Waals surface area contributed by atoms with Crippen LogP contribution < -0.4 is 5.73 Å². The van der Waals surface area contributed by atoms with Gasteiger partial charge in [-0.25, -0.2) is 0 Å². The van der Waals surface area contributed by atoms with Crippen LogP contribution >= 0.6 is 0 Å². The lowest BCUT2D eigenvalue weighted by Crippen LogP contribution is -2.35. The van der Waals surface area contributed by atoms with Gasteiger partial charge >= 0.3 is 0 Å². The molecule has 0 bridgehead atoms. The van der Waals surface area contributed by atoms with Crippen LogP contribution in [0.25, 0.3) is 0 Å². The van der Waals surface area contributed by atoms with Crippen molar-refractivity contribution >= 4 is 0 Å². The number of rotatable bonds is 4. The lowest BCUT2D eigenvalue weighted by atomic mass is 9.79. The molecule has 2 N–H and O–H groups in total. The predicted molar refractivity (Wildman–Crippen MR) is 63.1 cm³/mol. The van der Waals surface area contributed by atoms with Gasteiger partial charge in [0.2, 0.25) is 11.7 Å². The lowest BCUT2D eigenvalue weighted by molar-refractivity contribution is -0.0847. The van der Waals surface area contributed by atoms with E-state index in [1.807, 2.05) is 6.92 Å². The Kier molecular flexibility index (Phi) is 3.79. The van der Waals surface area contributed by atoms with Crippen LogP contribution in [0.15, 0.2) is 4.52 Å². The van der Waals surface area contributed by atoms with E-state index in [-0.39, 0.29) is 12.1 Å². The quantitative estimate of drug-likeness (QED) is 0.869. The van der Waals surface area contributed by atoms with Gasteiger partial charge in [-0.15, -0.1) is 0 Å². The molecule has 1 saturated carbocycles. The van der Waals surface area contributed by atoms with Gasteiger partial charge in [0, 0.05) is 6.61 Å². The molecule has 1 fully saturated rings. The number of hydrogen-bond acceptors (Lipinski definition) is 5.